The van der Waals surface area contributed by atoms with Crippen molar-refractivity contribution in [2.45, 2.75) is 39.2 Å². The van der Waals surface area contributed by atoms with Crippen LogP contribution in [-0.2, 0) is 12.8 Å². The summed E-state index contributed by atoms with van der Waals surface area (Å²) in [5.41, 5.74) is 5.45. The van der Waals surface area contributed by atoms with Crippen molar-refractivity contribution in [3.05, 3.63) is 54.0 Å². The van der Waals surface area contributed by atoms with E-state index in [9.17, 15) is 4.79 Å². The van der Waals surface area contributed by atoms with Crippen LogP contribution in [0.1, 0.15) is 31.4 Å². The van der Waals surface area contributed by atoms with Crippen LogP contribution in [0, 0.1) is 0 Å². The first-order chi connectivity index (χ1) is 13.6. The molecule has 1 aromatic carbocycles. The van der Waals surface area contributed by atoms with E-state index in [-0.39, 0.29) is 6.03 Å². The number of rotatable bonds is 4. The van der Waals surface area contributed by atoms with Crippen molar-refractivity contribution in [3.8, 4) is 17.0 Å². The Bertz CT molecular complexity index is 923. The lowest BCUT2D eigenvalue weighted by molar-refractivity contribution is 0.206. The number of methoxy groups -OCH3 is 1. The first-order valence-corrected chi connectivity index (χ1v) is 9.73. The standard InChI is InChI=1S/C22H26N4O2/c1-15(2)25-11-12-26(14-25)22(27)24-21-18-6-4-5-16(18)7-8-19(21)17-9-10-23-20(13-17)28-3/h7-13,15H,4-6,14H2,1-3H3,(H,24,27). The molecular weight excluding hydrogens is 352 g/mol. The molecule has 0 radical (unpaired) electrons. The van der Waals surface area contributed by atoms with Crippen LogP contribution < -0.4 is 10.1 Å². The van der Waals surface area contributed by atoms with Crippen LogP contribution in [-0.4, -0.2) is 40.6 Å². The molecule has 146 valence electrons. The Morgan fingerprint density at radius 3 is 2.82 bits per heavy atom. The van der Waals surface area contributed by atoms with Gasteiger partial charge in [0.2, 0.25) is 5.88 Å². The molecule has 0 unspecified atom stereocenters. The van der Waals surface area contributed by atoms with Crippen molar-refractivity contribution in [1.29, 1.82) is 0 Å². The van der Waals surface area contributed by atoms with Gasteiger partial charge in [0, 0.05) is 36.3 Å². The largest absolute Gasteiger partial charge is 0.481 e. The molecule has 2 aromatic rings. The van der Waals surface area contributed by atoms with Gasteiger partial charge in [-0.15, -0.1) is 0 Å². The van der Waals surface area contributed by atoms with E-state index >= 15 is 0 Å². The summed E-state index contributed by atoms with van der Waals surface area (Å²) in [4.78, 5) is 21.0. The molecule has 1 aromatic heterocycles. The van der Waals surface area contributed by atoms with Crippen molar-refractivity contribution >= 4 is 11.7 Å². The highest BCUT2D eigenvalue weighted by atomic mass is 16.5. The third-order valence-corrected chi connectivity index (χ3v) is 5.45. The lowest BCUT2D eigenvalue weighted by Crippen LogP contribution is -2.36. The minimum atomic E-state index is -0.109. The number of benzene rings is 1. The molecule has 0 atom stereocenters. The zero-order valence-corrected chi connectivity index (χ0v) is 16.6. The van der Waals surface area contributed by atoms with Crippen molar-refractivity contribution in [2.24, 2.45) is 0 Å². The molecule has 4 rings (SSSR count). The molecule has 2 heterocycles. The molecule has 1 aliphatic carbocycles. The van der Waals surface area contributed by atoms with Crippen LogP contribution in [0.4, 0.5) is 10.5 Å². The van der Waals surface area contributed by atoms with Crippen LogP contribution >= 0.6 is 0 Å². The maximum atomic E-state index is 13.0. The van der Waals surface area contributed by atoms with Crippen LogP contribution in [0.2, 0.25) is 0 Å². The van der Waals surface area contributed by atoms with E-state index in [0.29, 0.717) is 18.6 Å². The summed E-state index contributed by atoms with van der Waals surface area (Å²) in [5, 5.41) is 3.20. The molecule has 6 nitrogen and oxygen atoms in total. The smallest absolute Gasteiger partial charge is 0.327 e. The number of nitrogens with one attached hydrogen (secondary N) is 1. The number of nitrogens with zero attached hydrogens (tertiary/aromatic N) is 3. The van der Waals surface area contributed by atoms with Gasteiger partial charge in [-0.1, -0.05) is 12.1 Å². The van der Waals surface area contributed by atoms with Crippen LogP contribution in [0.5, 0.6) is 5.88 Å². The maximum Gasteiger partial charge on any atom is 0.327 e. The van der Waals surface area contributed by atoms with E-state index < -0.39 is 0 Å². The second-order valence-electron chi connectivity index (χ2n) is 7.51. The Labute approximate surface area is 165 Å². The predicted molar refractivity (Wildman–Crippen MR) is 110 cm³/mol. The molecule has 0 saturated heterocycles. The van der Waals surface area contributed by atoms with E-state index in [1.165, 1.54) is 11.1 Å². The van der Waals surface area contributed by atoms with Gasteiger partial charge in [-0.25, -0.2) is 9.78 Å². The van der Waals surface area contributed by atoms with Gasteiger partial charge in [-0.3, -0.25) is 4.90 Å². The highest BCUT2D eigenvalue weighted by molar-refractivity contribution is 5.97. The van der Waals surface area contributed by atoms with E-state index in [1.807, 2.05) is 24.5 Å². The number of aromatic nitrogens is 1. The van der Waals surface area contributed by atoms with Crippen molar-refractivity contribution in [2.75, 3.05) is 19.1 Å². The average molecular weight is 378 g/mol. The molecule has 1 N–H and O–H groups in total. The molecule has 0 spiro atoms. The number of anilines is 1. The fourth-order valence-corrected chi connectivity index (χ4v) is 3.82. The number of hydrogen-bond donors (Lipinski definition) is 1. The number of urea groups is 1. The summed E-state index contributed by atoms with van der Waals surface area (Å²) in [7, 11) is 1.61. The number of ether oxygens (including phenoxy) is 1. The number of fused-ring (bicyclic) bond motifs is 1. The zero-order chi connectivity index (χ0) is 19.7. The summed E-state index contributed by atoms with van der Waals surface area (Å²) in [5.74, 6) is 0.560. The quantitative estimate of drug-likeness (QED) is 0.865. The Hall–Kier alpha value is -3.02. The SMILES string of the molecule is COc1cc(-c2ccc3c(c2NC(=O)N2C=CN(C(C)C)C2)CCC3)ccn1. The molecule has 0 fully saturated rings. The normalized spacial score (nSPS) is 15.3. The van der Waals surface area contributed by atoms with Crippen molar-refractivity contribution in [3.63, 3.8) is 0 Å². The molecular formula is C22H26N4O2. The molecule has 28 heavy (non-hydrogen) atoms. The lowest BCUT2D eigenvalue weighted by Gasteiger charge is -2.24. The average Bonchev–Trinajstić information content (AvgIpc) is 3.38. The van der Waals surface area contributed by atoms with Crippen LogP contribution in [0.15, 0.2) is 42.9 Å². The third-order valence-electron chi connectivity index (χ3n) is 5.45. The Morgan fingerprint density at radius 2 is 2.07 bits per heavy atom. The zero-order valence-electron chi connectivity index (χ0n) is 16.6. The Kier molecular flexibility index (Phi) is 4.94. The van der Waals surface area contributed by atoms with E-state index in [0.717, 1.165) is 36.1 Å². The highest BCUT2D eigenvalue weighted by Crippen LogP contribution is 2.38. The second kappa shape index (κ2) is 7.54. The molecule has 0 saturated carbocycles. The van der Waals surface area contributed by atoms with E-state index in [2.05, 4.69) is 41.2 Å². The Morgan fingerprint density at radius 1 is 1.21 bits per heavy atom. The van der Waals surface area contributed by atoms with Gasteiger partial charge in [-0.05, 0) is 55.9 Å². The van der Waals surface area contributed by atoms with Gasteiger partial charge in [-0.2, -0.15) is 0 Å². The second-order valence-corrected chi connectivity index (χ2v) is 7.51. The minimum Gasteiger partial charge on any atom is -0.481 e. The number of pyridine rings is 1. The number of aryl methyl sites for hydroxylation is 1. The van der Waals surface area contributed by atoms with Gasteiger partial charge in [0.15, 0.2) is 0 Å². The van der Waals surface area contributed by atoms with Gasteiger partial charge in [0.1, 0.15) is 0 Å². The van der Waals surface area contributed by atoms with Gasteiger partial charge in [0.25, 0.3) is 0 Å². The summed E-state index contributed by atoms with van der Waals surface area (Å²) in [6.07, 6.45) is 8.70. The number of carbonyl (C=O) groups excluding carboxylic acids is 1. The summed E-state index contributed by atoms with van der Waals surface area (Å²) in [6.45, 7) is 4.80. The Balaban J connectivity index is 1.67. The number of carbonyl (C=O) groups is 1. The van der Waals surface area contributed by atoms with Gasteiger partial charge >= 0.3 is 6.03 Å². The first kappa shape index (κ1) is 18.3. The van der Waals surface area contributed by atoms with Crippen molar-refractivity contribution < 1.29 is 9.53 Å². The van der Waals surface area contributed by atoms with E-state index in [4.69, 9.17) is 4.74 Å². The fraction of sp³-hybridized carbons (Fsp3) is 0.364. The maximum absolute atomic E-state index is 13.0. The van der Waals surface area contributed by atoms with Gasteiger partial charge < -0.3 is 15.0 Å². The molecule has 2 amide bonds. The fourth-order valence-electron chi connectivity index (χ4n) is 3.82. The topological polar surface area (TPSA) is 57.7 Å². The molecule has 1 aliphatic heterocycles. The molecule has 0 bridgehead atoms. The predicted octanol–water partition coefficient (Wildman–Crippen LogP) is 4.23. The summed E-state index contributed by atoms with van der Waals surface area (Å²) in [6, 6.07) is 8.37. The minimum absolute atomic E-state index is 0.109. The van der Waals surface area contributed by atoms with Crippen molar-refractivity contribution in [1.82, 2.24) is 14.8 Å². The summed E-state index contributed by atoms with van der Waals surface area (Å²) >= 11 is 0. The van der Waals surface area contributed by atoms with Gasteiger partial charge in [0.05, 0.1) is 19.5 Å². The highest BCUT2D eigenvalue weighted by Gasteiger charge is 2.24. The van der Waals surface area contributed by atoms with Crippen LogP contribution in [0.3, 0.4) is 0 Å². The number of amides is 2. The summed E-state index contributed by atoms with van der Waals surface area (Å²) < 4.78 is 5.28. The van der Waals surface area contributed by atoms with E-state index in [1.54, 1.807) is 18.2 Å². The lowest BCUT2D eigenvalue weighted by atomic mass is 9.98. The number of hydrogen-bond acceptors (Lipinski definition) is 4. The monoisotopic (exact) mass is 378 g/mol. The molecule has 2 aliphatic rings. The molecule has 6 heteroatoms. The first-order valence-electron chi connectivity index (χ1n) is 9.73. The van der Waals surface area contributed by atoms with Crippen LogP contribution in [0.25, 0.3) is 11.1 Å². The third kappa shape index (κ3) is 3.42.